The lowest BCUT2D eigenvalue weighted by Gasteiger charge is -2.25. The van der Waals surface area contributed by atoms with Gasteiger partial charge in [-0.05, 0) is 118 Å². The molecule has 53 heavy (non-hydrogen) atoms. The molecule has 1 saturated heterocycles. The van der Waals surface area contributed by atoms with Gasteiger partial charge in [0.25, 0.3) is 0 Å². The molecule has 4 N–H and O–H groups in total. The summed E-state index contributed by atoms with van der Waals surface area (Å²) >= 11 is 0. The number of halogens is 3. The number of anilines is 1. The Morgan fingerprint density at radius 3 is 2.09 bits per heavy atom. The molecule has 1 aliphatic heterocycles. The predicted molar refractivity (Wildman–Crippen MR) is 217 cm³/mol. The van der Waals surface area contributed by atoms with Gasteiger partial charge in [-0.3, -0.25) is 4.79 Å². The largest absolute Gasteiger partial charge is 0.416 e. The highest BCUT2D eigenvalue weighted by Gasteiger charge is 2.35. The number of carbonyl (C=O) groups excluding carboxylic acids is 1. The molecule has 2 aliphatic rings. The van der Waals surface area contributed by atoms with Crippen LogP contribution < -0.4 is 10.6 Å². The summed E-state index contributed by atoms with van der Waals surface area (Å²) in [6, 6.07) is 6.94. The smallest absolute Gasteiger partial charge is 0.381 e. The second-order valence-corrected chi connectivity index (χ2v) is 12.9. The number of nitrogens with zero attached hydrogens (tertiary/aromatic N) is 1. The quantitative estimate of drug-likeness (QED) is 0.0824. The van der Waals surface area contributed by atoms with Crippen LogP contribution >= 0.6 is 0 Å². The van der Waals surface area contributed by atoms with Crippen LogP contribution in [0.4, 0.5) is 19.0 Å². The maximum absolute atomic E-state index is 13.4. The highest BCUT2D eigenvalue weighted by Crippen LogP contribution is 2.35. The van der Waals surface area contributed by atoms with Gasteiger partial charge in [0.1, 0.15) is 5.82 Å². The molecule has 1 aliphatic carbocycles. The standard InChI is InChI=1S/C19H26F3NO.C17H25N3.C3H6O.C2H5N.C2H6/c1-3-6-18(24)16-9-14(12-23-11-13-7-5-8-13)10-17(15(16)4-2)19(20,21)22;1-4-6-7-8-10-19-17-13-15(11-14(3)20-17)12-16(18)9-5-2;1-2-4-3-1;1-2-3;1-2/h9-10,13,23H,3-8,11-12H2,1-2H3;11,13,18H,4-6,9-10,12H2,1-3H3,(H,19,20);1-3H2;2-3H,1H3;1-2H3. The summed E-state index contributed by atoms with van der Waals surface area (Å²) in [5, 5.41) is 20.5. The van der Waals surface area contributed by atoms with E-state index in [1.165, 1.54) is 38.0 Å². The number of hydrogen-bond acceptors (Lipinski definition) is 7. The number of rotatable bonds is 15. The van der Waals surface area contributed by atoms with Crippen molar-refractivity contribution in [1.82, 2.24) is 10.3 Å². The molecular weight excluding hydrogens is 676 g/mol. The topological polar surface area (TPSA) is 111 Å². The second kappa shape index (κ2) is 29.9. The average Bonchev–Trinajstić information content (AvgIpc) is 3.06. The first-order chi connectivity index (χ1) is 25.4. The van der Waals surface area contributed by atoms with Gasteiger partial charge < -0.3 is 26.2 Å². The lowest BCUT2D eigenvalue weighted by molar-refractivity contribution is -0.138. The molecule has 2 heterocycles. The van der Waals surface area contributed by atoms with E-state index in [0.717, 1.165) is 68.2 Å². The Kier molecular flexibility index (Phi) is 27.9. The molecule has 0 spiro atoms. The average molecular weight is 744 g/mol. The van der Waals surface area contributed by atoms with Crippen LogP contribution in [0.3, 0.4) is 0 Å². The summed E-state index contributed by atoms with van der Waals surface area (Å²) < 4.78 is 45.0. The summed E-state index contributed by atoms with van der Waals surface area (Å²) in [5.74, 6) is 7.51. The Hall–Kier alpha value is -3.55. The number of nitrogens with one attached hydrogen (secondary N) is 4. The second-order valence-electron chi connectivity index (χ2n) is 12.9. The Morgan fingerprint density at radius 1 is 0.981 bits per heavy atom. The number of alkyl halides is 3. The van der Waals surface area contributed by atoms with Gasteiger partial charge in [0.2, 0.25) is 0 Å². The van der Waals surface area contributed by atoms with E-state index in [0.29, 0.717) is 37.4 Å². The van der Waals surface area contributed by atoms with E-state index < -0.39 is 11.7 Å². The van der Waals surface area contributed by atoms with Crippen LogP contribution in [0.5, 0.6) is 0 Å². The highest BCUT2D eigenvalue weighted by molar-refractivity contribution is 5.98. The van der Waals surface area contributed by atoms with Crippen LogP contribution in [0.15, 0.2) is 24.3 Å². The maximum Gasteiger partial charge on any atom is 0.416 e. The van der Waals surface area contributed by atoms with E-state index in [9.17, 15) is 18.0 Å². The van der Waals surface area contributed by atoms with Crippen LogP contribution in [0.1, 0.15) is 151 Å². The van der Waals surface area contributed by atoms with Crippen LogP contribution in [-0.4, -0.2) is 49.0 Å². The fourth-order valence-corrected chi connectivity index (χ4v) is 5.32. The van der Waals surface area contributed by atoms with Crippen LogP contribution in [0, 0.1) is 35.5 Å². The number of unbranched alkanes of at least 4 members (excludes halogenated alkanes) is 1. The van der Waals surface area contributed by atoms with Crippen molar-refractivity contribution < 1.29 is 22.7 Å². The van der Waals surface area contributed by atoms with E-state index in [1.54, 1.807) is 19.9 Å². The minimum atomic E-state index is -4.43. The molecule has 0 atom stereocenters. The number of ketones is 1. The van der Waals surface area contributed by atoms with Crippen LogP contribution in [0.25, 0.3) is 0 Å². The molecule has 2 fully saturated rings. The first-order valence-electron chi connectivity index (χ1n) is 19.7. The SMILES string of the molecule is C1COC1.CC.CC=N.CCCC#CCNc1cc(CC(=N)CCC)cc(C)n1.CCCC(=O)c1cc(CNCC2CCC2)cc(C(F)(F)F)c1CC. The van der Waals surface area contributed by atoms with Crippen molar-refractivity contribution in [3.05, 3.63) is 57.8 Å². The van der Waals surface area contributed by atoms with E-state index in [2.05, 4.69) is 47.4 Å². The summed E-state index contributed by atoms with van der Waals surface area (Å²) in [7, 11) is 0. The van der Waals surface area contributed by atoms with Crippen molar-refractivity contribution in [1.29, 1.82) is 10.8 Å². The molecule has 0 unspecified atom stereocenters. The van der Waals surface area contributed by atoms with E-state index in [1.807, 2.05) is 33.8 Å². The Bertz CT molecular complexity index is 1390. The number of aromatic nitrogens is 1. The number of carbonyl (C=O) groups is 1. The predicted octanol–water partition coefficient (Wildman–Crippen LogP) is 11.2. The van der Waals surface area contributed by atoms with Gasteiger partial charge in [-0.2, -0.15) is 13.2 Å². The van der Waals surface area contributed by atoms with Crippen molar-refractivity contribution >= 4 is 23.5 Å². The maximum atomic E-state index is 13.4. The lowest BCUT2D eigenvalue weighted by atomic mass is 9.85. The van der Waals surface area contributed by atoms with Crippen molar-refractivity contribution in [3.63, 3.8) is 0 Å². The molecule has 0 bridgehead atoms. The van der Waals surface area contributed by atoms with Gasteiger partial charge >= 0.3 is 6.18 Å². The number of hydrogen-bond donors (Lipinski definition) is 4. The zero-order valence-electron chi connectivity index (χ0n) is 33.9. The Labute approximate surface area is 319 Å². The number of aryl methyl sites for hydroxylation is 1. The van der Waals surface area contributed by atoms with Gasteiger partial charge in [-0.15, -0.1) is 5.92 Å². The van der Waals surface area contributed by atoms with Crippen molar-refractivity contribution in [2.45, 2.75) is 145 Å². The van der Waals surface area contributed by atoms with Gasteiger partial charge in [-0.25, -0.2) is 4.98 Å². The van der Waals surface area contributed by atoms with Gasteiger partial charge in [0.15, 0.2) is 5.78 Å². The van der Waals surface area contributed by atoms with Gasteiger partial charge in [-0.1, -0.05) is 60.3 Å². The first-order valence-corrected chi connectivity index (χ1v) is 19.7. The van der Waals surface area contributed by atoms with E-state index >= 15 is 0 Å². The molecule has 1 aromatic carbocycles. The fraction of sp³-hybridized carbons (Fsp3) is 0.628. The minimum absolute atomic E-state index is 0.128. The molecular formula is C43H68F3N5O2. The number of ether oxygens (including phenoxy) is 1. The monoisotopic (exact) mass is 744 g/mol. The third-order valence-corrected chi connectivity index (χ3v) is 8.15. The molecule has 1 saturated carbocycles. The highest BCUT2D eigenvalue weighted by atomic mass is 19.4. The summed E-state index contributed by atoms with van der Waals surface area (Å²) in [6.07, 6.45) is 7.49. The summed E-state index contributed by atoms with van der Waals surface area (Å²) in [4.78, 5) is 16.8. The zero-order chi connectivity index (χ0) is 40.1. The molecule has 7 nitrogen and oxygen atoms in total. The normalized spacial score (nSPS) is 12.8. The van der Waals surface area contributed by atoms with Crippen LogP contribution in [-0.2, 0) is 30.3 Å². The Morgan fingerprint density at radius 2 is 1.60 bits per heavy atom. The Balaban J connectivity index is 0.000000837. The van der Waals surface area contributed by atoms with Crippen molar-refractivity contribution in [2.75, 3.05) is 31.6 Å². The van der Waals surface area contributed by atoms with Gasteiger partial charge in [0.05, 0.1) is 12.1 Å². The number of pyridine rings is 1. The van der Waals surface area contributed by atoms with E-state index in [4.69, 9.17) is 15.6 Å². The van der Waals surface area contributed by atoms with Crippen molar-refractivity contribution in [3.8, 4) is 11.8 Å². The molecule has 4 rings (SSSR count). The van der Waals surface area contributed by atoms with E-state index in [-0.39, 0.29) is 29.8 Å². The molecule has 2 aromatic rings. The van der Waals surface area contributed by atoms with Crippen LogP contribution in [0.2, 0.25) is 0 Å². The molecule has 10 heteroatoms. The third-order valence-electron chi connectivity index (χ3n) is 8.15. The summed E-state index contributed by atoms with van der Waals surface area (Å²) in [5.41, 5.74) is 3.17. The lowest BCUT2D eigenvalue weighted by Crippen LogP contribution is -2.27. The number of benzene rings is 1. The summed E-state index contributed by atoms with van der Waals surface area (Å²) in [6.45, 7) is 19.2. The minimum Gasteiger partial charge on any atom is -0.381 e. The third kappa shape index (κ3) is 21.7. The fourth-order valence-electron chi connectivity index (χ4n) is 5.32. The zero-order valence-corrected chi connectivity index (χ0v) is 33.9. The van der Waals surface area contributed by atoms with Crippen molar-refractivity contribution in [2.24, 2.45) is 5.92 Å². The van der Waals surface area contributed by atoms with Gasteiger partial charge in [0, 0.05) is 56.0 Å². The number of Topliss-reactive ketones (excluding diaryl/α,β-unsaturated/α-hetero) is 1. The molecule has 1 aromatic heterocycles. The first kappa shape index (κ1) is 49.5. The molecule has 0 amide bonds. The molecule has 0 radical (unpaired) electrons. The molecule has 298 valence electrons.